The van der Waals surface area contributed by atoms with Crippen LogP contribution in [0.3, 0.4) is 0 Å². The van der Waals surface area contributed by atoms with Crippen molar-refractivity contribution < 1.29 is 9.13 Å². The van der Waals surface area contributed by atoms with Gasteiger partial charge < -0.3 is 15.4 Å². The number of hydrogen-bond donors (Lipinski definition) is 1. The molecule has 0 amide bonds. The Morgan fingerprint density at radius 2 is 2.15 bits per heavy atom. The number of nitrogens with zero attached hydrogens (tertiary/aromatic N) is 6. The van der Waals surface area contributed by atoms with E-state index in [4.69, 9.17) is 10.5 Å². The minimum Gasteiger partial charge on any atom is -0.461 e. The molecule has 10 heteroatoms. The number of halogens is 1. The van der Waals surface area contributed by atoms with Crippen LogP contribution in [0.15, 0.2) is 6.20 Å². The highest BCUT2D eigenvalue weighted by Gasteiger charge is 2.52. The first-order valence-corrected chi connectivity index (χ1v) is 12.1. The summed E-state index contributed by atoms with van der Waals surface area (Å²) in [6, 6.07) is 4.69. The fourth-order valence-electron chi connectivity index (χ4n) is 6.37. The van der Waals surface area contributed by atoms with Crippen molar-refractivity contribution in [2.45, 2.75) is 49.2 Å². The van der Waals surface area contributed by atoms with Gasteiger partial charge in [-0.2, -0.15) is 15.5 Å². The summed E-state index contributed by atoms with van der Waals surface area (Å²) in [5.41, 5.74) is 7.79. The molecule has 0 bridgehead atoms. The zero-order chi connectivity index (χ0) is 22.8. The van der Waals surface area contributed by atoms with Crippen molar-refractivity contribution in [3.8, 4) is 18.1 Å². The number of aromatic nitrogens is 2. The quantitative estimate of drug-likeness (QED) is 0.732. The van der Waals surface area contributed by atoms with Crippen LogP contribution in [0, 0.1) is 22.7 Å². The molecule has 170 valence electrons. The van der Waals surface area contributed by atoms with Crippen molar-refractivity contribution in [2.75, 3.05) is 43.4 Å². The Kier molecular flexibility index (Phi) is 4.55. The average molecular weight is 466 g/mol. The van der Waals surface area contributed by atoms with Crippen molar-refractivity contribution in [2.24, 2.45) is 0 Å². The van der Waals surface area contributed by atoms with Gasteiger partial charge in [0.25, 0.3) is 0 Å². The molecule has 1 spiro atoms. The summed E-state index contributed by atoms with van der Waals surface area (Å²) in [6.45, 7) is 3.08. The van der Waals surface area contributed by atoms with Gasteiger partial charge in [0, 0.05) is 36.3 Å². The fourth-order valence-corrected chi connectivity index (χ4v) is 7.51. The summed E-state index contributed by atoms with van der Waals surface area (Å²) in [5.74, 6) is 0.554. The highest BCUT2D eigenvalue weighted by molar-refractivity contribution is 7.16. The number of nitrogens with two attached hydrogens (primary N) is 1. The Labute approximate surface area is 195 Å². The van der Waals surface area contributed by atoms with Crippen LogP contribution in [0.25, 0.3) is 0 Å². The molecule has 1 aliphatic carbocycles. The van der Waals surface area contributed by atoms with Gasteiger partial charge in [-0.3, -0.25) is 4.90 Å². The van der Waals surface area contributed by atoms with Crippen LogP contribution >= 0.6 is 11.3 Å². The van der Waals surface area contributed by atoms with Gasteiger partial charge >= 0.3 is 6.01 Å². The van der Waals surface area contributed by atoms with Crippen molar-refractivity contribution >= 4 is 22.2 Å². The molecule has 0 aromatic carbocycles. The number of anilines is 2. The first-order chi connectivity index (χ1) is 16.0. The molecular weight excluding hydrogens is 441 g/mol. The van der Waals surface area contributed by atoms with Crippen LogP contribution in [-0.2, 0) is 11.8 Å². The summed E-state index contributed by atoms with van der Waals surface area (Å²) in [6.07, 6.45) is 5.03. The van der Waals surface area contributed by atoms with E-state index in [-0.39, 0.29) is 17.0 Å². The summed E-state index contributed by atoms with van der Waals surface area (Å²) in [7, 11) is 0. The van der Waals surface area contributed by atoms with Gasteiger partial charge in [-0.1, -0.05) is 0 Å². The molecule has 2 aromatic rings. The zero-order valence-electron chi connectivity index (χ0n) is 18.2. The van der Waals surface area contributed by atoms with E-state index in [0.29, 0.717) is 54.6 Å². The molecule has 3 aliphatic heterocycles. The molecular formula is C23H24FN7OS. The van der Waals surface area contributed by atoms with Crippen LogP contribution in [0.1, 0.15) is 47.3 Å². The van der Waals surface area contributed by atoms with Crippen LogP contribution in [-0.4, -0.2) is 59.4 Å². The Morgan fingerprint density at radius 1 is 1.30 bits per heavy atom. The van der Waals surface area contributed by atoms with Gasteiger partial charge in [0.1, 0.15) is 35.5 Å². The van der Waals surface area contributed by atoms with Gasteiger partial charge in [0.05, 0.1) is 17.3 Å². The van der Waals surface area contributed by atoms with Gasteiger partial charge in [-0.05, 0) is 37.8 Å². The number of nitrogen functional groups attached to an aromatic ring is 1. The monoisotopic (exact) mass is 465 g/mol. The van der Waals surface area contributed by atoms with E-state index in [1.165, 1.54) is 22.4 Å². The second kappa shape index (κ2) is 7.28. The van der Waals surface area contributed by atoms with Crippen molar-refractivity contribution in [3.63, 3.8) is 0 Å². The maximum Gasteiger partial charge on any atom is 0.318 e. The molecule has 2 N–H and O–H groups in total. The predicted octanol–water partition coefficient (Wildman–Crippen LogP) is 2.52. The number of thiophene rings is 1. The zero-order valence-corrected chi connectivity index (χ0v) is 19.0. The van der Waals surface area contributed by atoms with Crippen LogP contribution in [0.5, 0.6) is 6.01 Å². The second-order valence-electron chi connectivity index (χ2n) is 9.75. The standard InChI is InChI=1S/C23H24FN7OS/c24-15-6-23(3-1-5-31(23)10-15)13-32-21-28-9-14(7-25)20(29-21)30-11-22(12-30)4-2-17-18(22)16(8-26)19(27)33-17/h9,15H,1-6,10-13,27H2/t15?,23-/m0/s1. The number of nitriles is 2. The number of fused-ring (bicyclic) bond motifs is 3. The Hall–Kier alpha value is -2.95. The molecule has 3 fully saturated rings. The van der Waals surface area contributed by atoms with Gasteiger partial charge in [0.15, 0.2) is 5.82 Å². The fraction of sp³-hybridized carbons (Fsp3) is 0.565. The van der Waals surface area contributed by atoms with E-state index in [1.54, 1.807) is 0 Å². The normalized spacial score (nSPS) is 27.1. The highest BCUT2D eigenvalue weighted by Crippen LogP contribution is 2.52. The average Bonchev–Trinajstić information content (AvgIpc) is 3.49. The Bertz CT molecular complexity index is 1210. The largest absolute Gasteiger partial charge is 0.461 e. The molecule has 0 saturated carbocycles. The van der Waals surface area contributed by atoms with Gasteiger partial charge in [-0.15, -0.1) is 11.3 Å². The van der Waals surface area contributed by atoms with Crippen molar-refractivity contribution in [1.29, 1.82) is 10.5 Å². The molecule has 33 heavy (non-hydrogen) atoms. The molecule has 2 aromatic heterocycles. The van der Waals surface area contributed by atoms with Gasteiger partial charge in [0.2, 0.25) is 0 Å². The Balaban J connectivity index is 1.22. The van der Waals surface area contributed by atoms with Crippen LogP contribution in [0.2, 0.25) is 0 Å². The summed E-state index contributed by atoms with van der Waals surface area (Å²) >= 11 is 1.52. The first kappa shape index (κ1) is 20.6. The molecule has 8 nitrogen and oxygen atoms in total. The summed E-state index contributed by atoms with van der Waals surface area (Å²) in [5, 5.41) is 19.8. The van der Waals surface area contributed by atoms with E-state index >= 15 is 0 Å². The van der Waals surface area contributed by atoms with Crippen LogP contribution in [0.4, 0.5) is 15.2 Å². The smallest absolute Gasteiger partial charge is 0.318 e. The van der Waals surface area contributed by atoms with E-state index in [0.717, 1.165) is 37.8 Å². The van der Waals surface area contributed by atoms with E-state index in [2.05, 4.69) is 31.9 Å². The summed E-state index contributed by atoms with van der Waals surface area (Å²) < 4.78 is 20.0. The lowest BCUT2D eigenvalue weighted by Crippen LogP contribution is -2.59. The molecule has 1 unspecified atom stereocenters. The SMILES string of the molecule is N#Cc1cnc(OC[C@@]23CCCN2CC(F)C3)nc1N1CC2(CCc3sc(N)c(C#N)c32)C1. The lowest BCUT2D eigenvalue weighted by Gasteiger charge is -2.49. The lowest BCUT2D eigenvalue weighted by molar-refractivity contribution is 0.107. The molecule has 6 rings (SSSR count). The Morgan fingerprint density at radius 3 is 2.94 bits per heavy atom. The molecule has 0 radical (unpaired) electrons. The number of hydrogen-bond acceptors (Lipinski definition) is 9. The number of alkyl halides is 1. The van der Waals surface area contributed by atoms with Crippen LogP contribution < -0.4 is 15.4 Å². The maximum absolute atomic E-state index is 14.0. The minimum absolute atomic E-state index is 0.115. The molecule has 3 saturated heterocycles. The predicted molar refractivity (Wildman–Crippen MR) is 121 cm³/mol. The lowest BCUT2D eigenvalue weighted by atomic mass is 9.74. The topological polar surface area (TPSA) is 115 Å². The molecule has 2 atom stereocenters. The highest BCUT2D eigenvalue weighted by atomic mass is 32.1. The minimum atomic E-state index is -0.815. The molecule has 4 aliphatic rings. The summed E-state index contributed by atoms with van der Waals surface area (Å²) in [4.78, 5) is 14.3. The second-order valence-corrected chi connectivity index (χ2v) is 10.9. The first-order valence-electron chi connectivity index (χ1n) is 11.3. The van der Waals surface area contributed by atoms with Crippen molar-refractivity contribution in [1.82, 2.24) is 14.9 Å². The number of aryl methyl sites for hydroxylation is 1. The number of ether oxygens (including phenoxy) is 1. The third-order valence-corrected chi connectivity index (χ3v) is 8.94. The van der Waals surface area contributed by atoms with Crippen molar-refractivity contribution in [3.05, 3.63) is 27.8 Å². The van der Waals surface area contributed by atoms with E-state index in [9.17, 15) is 14.9 Å². The molecule has 5 heterocycles. The number of rotatable bonds is 4. The maximum atomic E-state index is 14.0. The third kappa shape index (κ3) is 3.01. The van der Waals surface area contributed by atoms with E-state index < -0.39 is 6.17 Å². The van der Waals surface area contributed by atoms with E-state index in [1.807, 2.05) is 0 Å². The van der Waals surface area contributed by atoms with Gasteiger partial charge in [-0.25, -0.2) is 9.37 Å². The third-order valence-electron chi connectivity index (χ3n) is 7.87.